The van der Waals surface area contributed by atoms with E-state index in [0.29, 0.717) is 0 Å². The first-order valence-corrected chi connectivity index (χ1v) is 7.53. The minimum absolute atomic E-state index is 0.848. The zero-order valence-corrected chi connectivity index (χ0v) is 12.4. The van der Waals surface area contributed by atoms with Crippen molar-refractivity contribution >= 4 is 11.6 Å². The summed E-state index contributed by atoms with van der Waals surface area (Å²) in [5, 5.41) is 3.40. The minimum atomic E-state index is 0.848. The van der Waals surface area contributed by atoms with Gasteiger partial charge in [0, 0.05) is 25.7 Å². The van der Waals surface area contributed by atoms with Gasteiger partial charge in [-0.05, 0) is 32.1 Å². The number of rotatable bonds is 5. The molecular formula is C15H26N4. The molecule has 4 heteroatoms. The van der Waals surface area contributed by atoms with Crippen molar-refractivity contribution in [3.63, 3.8) is 0 Å². The highest BCUT2D eigenvalue weighted by atomic mass is 15.2. The van der Waals surface area contributed by atoms with E-state index in [-0.39, 0.29) is 0 Å². The summed E-state index contributed by atoms with van der Waals surface area (Å²) in [6.07, 6.45) is 4.91. The molecule has 106 valence electrons. The number of unbranched alkanes of at least 4 members (excludes halogenated alkanes) is 1. The van der Waals surface area contributed by atoms with E-state index in [4.69, 9.17) is 0 Å². The molecule has 0 aliphatic carbocycles. The summed E-state index contributed by atoms with van der Waals surface area (Å²) in [5.41, 5.74) is 0. The van der Waals surface area contributed by atoms with Crippen LogP contribution >= 0.6 is 0 Å². The molecule has 1 aromatic rings. The first-order chi connectivity index (χ1) is 9.19. The van der Waals surface area contributed by atoms with Gasteiger partial charge in [-0.15, -0.1) is 0 Å². The number of aromatic nitrogens is 2. The van der Waals surface area contributed by atoms with Gasteiger partial charge in [-0.1, -0.05) is 20.3 Å². The van der Waals surface area contributed by atoms with E-state index in [1.165, 1.54) is 25.7 Å². The van der Waals surface area contributed by atoms with Crippen LogP contribution in [0, 0.1) is 12.8 Å². The molecule has 4 nitrogen and oxygen atoms in total. The van der Waals surface area contributed by atoms with E-state index < -0.39 is 0 Å². The van der Waals surface area contributed by atoms with Crippen molar-refractivity contribution in [1.82, 2.24) is 9.97 Å². The van der Waals surface area contributed by atoms with Crippen LogP contribution in [0.15, 0.2) is 6.07 Å². The normalized spacial score (nSPS) is 16.7. The lowest BCUT2D eigenvalue weighted by atomic mass is 9.99. The summed E-state index contributed by atoms with van der Waals surface area (Å²) < 4.78 is 0. The molecule has 1 aliphatic rings. The van der Waals surface area contributed by atoms with Crippen LogP contribution in [0.25, 0.3) is 0 Å². The molecule has 0 amide bonds. The monoisotopic (exact) mass is 262 g/mol. The van der Waals surface area contributed by atoms with Crippen LogP contribution in [0.3, 0.4) is 0 Å². The third-order valence-electron chi connectivity index (χ3n) is 3.77. The molecule has 2 rings (SSSR count). The zero-order valence-electron chi connectivity index (χ0n) is 12.4. The molecule has 0 unspecified atom stereocenters. The molecule has 2 heterocycles. The van der Waals surface area contributed by atoms with Crippen molar-refractivity contribution in [3.8, 4) is 0 Å². The Labute approximate surface area is 116 Å². The maximum Gasteiger partial charge on any atom is 0.134 e. The van der Waals surface area contributed by atoms with E-state index in [2.05, 4.69) is 40.1 Å². The molecule has 1 N–H and O–H groups in total. The first-order valence-electron chi connectivity index (χ1n) is 7.53. The van der Waals surface area contributed by atoms with Crippen LogP contribution in [0.4, 0.5) is 11.6 Å². The van der Waals surface area contributed by atoms with Gasteiger partial charge in [0.1, 0.15) is 17.5 Å². The standard InChI is InChI=1S/C15H26N4/c1-4-5-8-16-14-11-15(18-13(3)17-14)19-9-6-12(2)7-10-19/h11-12H,4-10H2,1-3H3,(H,16,17,18). The van der Waals surface area contributed by atoms with Crippen molar-refractivity contribution in [2.24, 2.45) is 5.92 Å². The molecule has 0 bridgehead atoms. The van der Waals surface area contributed by atoms with Gasteiger partial charge < -0.3 is 10.2 Å². The Morgan fingerprint density at radius 2 is 2.05 bits per heavy atom. The SMILES string of the molecule is CCCCNc1cc(N2CCC(C)CC2)nc(C)n1. The number of nitrogens with zero attached hydrogens (tertiary/aromatic N) is 3. The number of nitrogens with one attached hydrogen (secondary N) is 1. The van der Waals surface area contributed by atoms with Crippen LogP contribution in [0.5, 0.6) is 0 Å². The number of aryl methyl sites for hydroxylation is 1. The summed E-state index contributed by atoms with van der Waals surface area (Å²) in [6, 6.07) is 2.10. The topological polar surface area (TPSA) is 41.0 Å². The van der Waals surface area contributed by atoms with Crippen LogP contribution < -0.4 is 10.2 Å². The molecule has 1 aliphatic heterocycles. The highest BCUT2D eigenvalue weighted by Crippen LogP contribution is 2.23. The maximum absolute atomic E-state index is 4.59. The highest BCUT2D eigenvalue weighted by molar-refractivity contribution is 5.49. The van der Waals surface area contributed by atoms with Gasteiger partial charge in [0.05, 0.1) is 0 Å². The lowest BCUT2D eigenvalue weighted by Gasteiger charge is -2.31. The molecule has 0 spiro atoms. The van der Waals surface area contributed by atoms with Crippen LogP contribution in [0.2, 0.25) is 0 Å². The van der Waals surface area contributed by atoms with Crippen molar-refractivity contribution in [3.05, 3.63) is 11.9 Å². The molecule has 1 aromatic heterocycles. The molecular weight excluding hydrogens is 236 g/mol. The molecule has 19 heavy (non-hydrogen) atoms. The molecule has 1 fully saturated rings. The van der Waals surface area contributed by atoms with E-state index in [0.717, 1.165) is 43.0 Å². The second kappa shape index (κ2) is 6.73. The summed E-state index contributed by atoms with van der Waals surface area (Å²) in [7, 11) is 0. The zero-order chi connectivity index (χ0) is 13.7. The third-order valence-corrected chi connectivity index (χ3v) is 3.77. The van der Waals surface area contributed by atoms with Crippen molar-refractivity contribution < 1.29 is 0 Å². The van der Waals surface area contributed by atoms with Crippen molar-refractivity contribution in [2.75, 3.05) is 29.9 Å². The summed E-state index contributed by atoms with van der Waals surface area (Å²) in [5.74, 6) is 3.75. The Balaban J connectivity index is 2.03. The predicted octanol–water partition coefficient (Wildman–Crippen LogP) is 3.23. The van der Waals surface area contributed by atoms with Gasteiger partial charge >= 0.3 is 0 Å². The Morgan fingerprint density at radius 1 is 1.32 bits per heavy atom. The van der Waals surface area contributed by atoms with Gasteiger partial charge in [-0.3, -0.25) is 0 Å². The number of anilines is 2. The summed E-state index contributed by atoms with van der Waals surface area (Å²) in [6.45, 7) is 9.73. The maximum atomic E-state index is 4.59. The number of hydrogen-bond donors (Lipinski definition) is 1. The fourth-order valence-corrected chi connectivity index (χ4v) is 2.44. The summed E-state index contributed by atoms with van der Waals surface area (Å²) >= 11 is 0. The quantitative estimate of drug-likeness (QED) is 0.827. The lowest BCUT2D eigenvalue weighted by Crippen LogP contribution is -2.33. The molecule has 0 saturated carbocycles. The first kappa shape index (κ1) is 14.1. The molecule has 0 radical (unpaired) electrons. The van der Waals surface area contributed by atoms with Gasteiger partial charge in [-0.2, -0.15) is 0 Å². The van der Waals surface area contributed by atoms with Crippen molar-refractivity contribution in [2.45, 2.75) is 46.5 Å². The number of piperidine rings is 1. The molecule has 0 atom stereocenters. The summed E-state index contributed by atoms with van der Waals surface area (Å²) in [4.78, 5) is 11.4. The van der Waals surface area contributed by atoms with E-state index >= 15 is 0 Å². The van der Waals surface area contributed by atoms with E-state index in [9.17, 15) is 0 Å². The lowest BCUT2D eigenvalue weighted by molar-refractivity contribution is 0.436. The van der Waals surface area contributed by atoms with E-state index in [1.807, 2.05) is 6.92 Å². The number of hydrogen-bond acceptors (Lipinski definition) is 4. The average Bonchev–Trinajstić information content (AvgIpc) is 2.39. The second-order valence-electron chi connectivity index (χ2n) is 5.61. The smallest absolute Gasteiger partial charge is 0.134 e. The van der Waals surface area contributed by atoms with Gasteiger partial charge in [-0.25, -0.2) is 9.97 Å². The predicted molar refractivity (Wildman–Crippen MR) is 80.8 cm³/mol. The Bertz CT molecular complexity index is 397. The average molecular weight is 262 g/mol. The fraction of sp³-hybridized carbons (Fsp3) is 0.733. The largest absolute Gasteiger partial charge is 0.370 e. The van der Waals surface area contributed by atoms with Crippen LogP contribution in [-0.4, -0.2) is 29.6 Å². The van der Waals surface area contributed by atoms with Crippen LogP contribution in [-0.2, 0) is 0 Å². The van der Waals surface area contributed by atoms with Gasteiger partial charge in [0.25, 0.3) is 0 Å². The minimum Gasteiger partial charge on any atom is -0.370 e. The second-order valence-corrected chi connectivity index (χ2v) is 5.61. The van der Waals surface area contributed by atoms with Crippen molar-refractivity contribution in [1.29, 1.82) is 0 Å². The third kappa shape index (κ3) is 4.08. The Kier molecular flexibility index (Phi) is 5.00. The highest BCUT2D eigenvalue weighted by Gasteiger charge is 2.17. The molecule has 0 aromatic carbocycles. The van der Waals surface area contributed by atoms with Gasteiger partial charge in [0.2, 0.25) is 0 Å². The molecule has 1 saturated heterocycles. The fourth-order valence-electron chi connectivity index (χ4n) is 2.44. The van der Waals surface area contributed by atoms with Gasteiger partial charge in [0.15, 0.2) is 0 Å². The Morgan fingerprint density at radius 3 is 2.74 bits per heavy atom. The van der Waals surface area contributed by atoms with E-state index in [1.54, 1.807) is 0 Å². The van der Waals surface area contributed by atoms with Crippen LogP contribution in [0.1, 0.15) is 45.4 Å². The Hall–Kier alpha value is -1.32.